The monoisotopic (exact) mass is 291 g/mol. The summed E-state index contributed by atoms with van der Waals surface area (Å²) < 4.78 is 31.8. The van der Waals surface area contributed by atoms with E-state index in [0.717, 1.165) is 0 Å². The second-order valence-electron chi connectivity index (χ2n) is 4.57. The lowest BCUT2D eigenvalue weighted by Crippen LogP contribution is -2.13. The molecule has 0 bridgehead atoms. The normalized spacial score (nSPS) is 11.8. The minimum absolute atomic E-state index is 0.196. The summed E-state index contributed by atoms with van der Waals surface area (Å²) in [5.41, 5.74) is 0.886. The van der Waals surface area contributed by atoms with E-state index in [-0.39, 0.29) is 17.1 Å². The maximum atomic E-state index is 13.7. The highest BCUT2D eigenvalue weighted by atomic mass is 19.1. The van der Waals surface area contributed by atoms with Crippen molar-refractivity contribution in [3.63, 3.8) is 0 Å². The van der Waals surface area contributed by atoms with Crippen LogP contribution in [-0.4, -0.2) is 13.1 Å². The molecule has 0 aromatic heterocycles. The molecule has 1 atom stereocenters. The number of hydrogen-bond donors (Lipinski definition) is 1. The van der Waals surface area contributed by atoms with E-state index in [0.29, 0.717) is 5.56 Å². The third kappa shape index (κ3) is 3.37. The van der Waals surface area contributed by atoms with Crippen LogP contribution in [0, 0.1) is 11.6 Å². The van der Waals surface area contributed by atoms with Crippen LogP contribution in [0.1, 0.15) is 28.9 Å². The predicted octanol–water partition coefficient (Wildman–Crippen LogP) is 3.92. The second-order valence-corrected chi connectivity index (χ2v) is 4.57. The van der Waals surface area contributed by atoms with E-state index in [1.54, 1.807) is 25.1 Å². The van der Waals surface area contributed by atoms with Crippen molar-refractivity contribution in [3.8, 4) is 0 Å². The molecule has 0 aliphatic rings. The van der Waals surface area contributed by atoms with E-state index in [9.17, 15) is 13.6 Å². The van der Waals surface area contributed by atoms with Gasteiger partial charge in [-0.1, -0.05) is 18.2 Å². The molecular formula is C16H15F2NO2. The van der Waals surface area contributed by atoms with Gasteiger partial charge < -0.3 is 10.1 Å². The molecule has 1 unspecified atom stereocenters. The third-order valence-corrected chi connectivity index (χ3v) is 3.13. The number of rotatable bonds is 4. The quantitative estimate of drug-likeness (QED) is 0.868. The minimum atomic E-state index is -0.585. The average molecular weight is 291 g/mol. The van der Waals surface area contributed by atoms with Crippen LogP contribution in [0.2, 0.25) is 0 Å². The number of nitrogens with one attached hydrogen (secondary N) is 1. The van der Waals surface area contributed by atoms with Gasteiger partial charge >= 0.3 is 5.97 Å². The van der Waals surface area contributed by atoms with Gasteiger partial charge in [-0.2, -0.15) is 0 Å². The molecule has 2 rings (SSSR count). The molecule has 0 radical (unpaired) electrons. The van der Waals surface area contributed by atoms with Gasteiger partial charge in [0.15, 0.2) is 0 Å². The molecule has 0 aliphatic heterocycles. The van der Waals surface area contributed by atoms with Crippen LogP contribution in [0.3, 0.4) is 0 Å². The van der Waals surface area contributed by atoms with E-state index >= 15 is 0 Å². The fourth-order valence-corrected chi connectivity index (χ4v) is 2.06. The zero-order valence-corrected chi connectivity index (χ0v) is 11.7. The zero-order chi connectivity index (χ0) is 15.4. The highest BCUT2D eigenvalue weighted by Crippen LogP contribution is 2.25. The molecule has 0 heterocycles. The maximum absolute atomic E-state index is 13.7. The van der Waals surface area contributed by atoms with Crippen molar-refractivity contribution in [2.45, 2.75) is 13.0 Å². The van der Waals surface area contributed by atoms with Gasteiger partial charge in [-0.3, -0.25) is 0 Å². The highest BCUT2D eigenvalue weighted by Gasteiger charge is 2.16. The van der Waals surface area contributed by atoms with Crippen molar-refractivity contribution in [2.24, 2.45) is 0 Å². The number of carbonyl (C=O) groups excluding carboxylic acids is 1. The highest BCUT2D eigenvalue weighted by molar-refractivity contribution is 5.95. The van der Waals surface area contributed by atoms with Crippen molar-refractivity contribution in [1.82, 2.24) is 0 Å². The molecule has 0 saturated carbocycles. The summed E-state index contributed by atoms with van der Waals surface area (Å²) in [6, 6.07) is 9.53. The molecule has 0 amide bonds. The first-order valence-corrected chi connectivity index (χ1v) is 6.41. The lowest BCUT2D eigenvalue weighted by molar-refractivity contribution is 0.0601. The second kappa shape index (κ2) is 6.35. The molecule has 0 fully saturated rings. The van der Waals surface area contributed by atoms with Gasteiger partial charge in [0.05, 0.1) is 24.4 Å². The number of methoxy groups -OCH3 is 1. The van der Waals surface area contributed by atoms with Gasteiger partial charge in [0.25, 0.3) is 0 Å². The minimum Gasteiger partial charge on any atom is -0.465 e. The molecule has 0 spiro atoms. The Balaban J connectivity index is 2.32. The van der Waals surface area contributed by atoms with Crippen LogP contribution >= 0.6 is 0 Å². The predicted molar refractivity (Wildman–Crippen MR) is 76.2 cm³/mol. The SMILES string of the molecule is COC(=O)c1ccc(F)cc1NC(C)c1ccccc1F. The molecule has 110 valence electrons. The zero-order valence-electron chi connectivity index (χ0n) is 11.7. The maximum Gasteiger partial charge on any atom is 0.339 e. The molecule has 2 aromatic carbocycles. The van der Waals surface area contributed by atoms with Crippen LogP contribution in [0.4, 0.5) is 14.5 Å². The summed E-state index contributed by atoms with van der Waals surface area (Å²) in [6.45, 7) is 1.73. The Bertz CT molecular complexity index is 658. The Kier molecular flexibility index (Phi) is 4.52. The van der Waals surface area contributed by atoms with Gasteiger partial charge in [-0.15, -0.1) is 0 Å². The Morgan fingerprint density at radius 3 is 2.57 bits per heavy atom. The average Bonchev–Trinajstić information content (AvgIpc) is 2.47. The van der Waals surface area contributed by atoms with Gasteiger partial charge in [-0.25, -0.2) is 13.6 Å². The van der Waals surface area contributed by atoms with Crippen molar-refractivity contribution >= 4 is 11.7 Å². The number of esters is 1. The molecular weight excluding hydrogens is 276 g/mol. The number of halogens is 2. The van der Waals surface area contributed by atoms with E-state index < -0.39 is 17.8 Å². The van der Waals surface area contributed by atoms with Crippen LogP contribution in [0.15, 0.2) is 42.5 Å². The van der Waals surface area contributed by atoms with Gasteiger partial charge in [0, 0.05) is 5.56 Å². The van der Waals surface area contributed by atoms with Gasteiger partial charge in [0.2, 0.25) is 0 Å². The number of anilines is 1. The molecule has 1 N–H and O–H groups in total. The first kappa shape index (κ1) is 15.0. The van der Waals surface area contributed by atoms with Crippen LogP contribution in [0.25, 0.3) is 0 Å². The molecule has 0 aliphatic carbocycles. The standard InChI is InChI=1S/C16H15F2NO2/c1-10(12-5-3-4-6-14(12)18)19-15-9-11(17)7-8-13(15)16(20)21-2/h3-10,19H,1-2H3. The fourth-order valence-electron chi connectivity index (χ4n) is 2.06. The number of benzene rings is 2. The van der Waals surface area contributed by atoms with Crippen molar-refractivity contribution in [2.75, 3.05) is 12.4 Å². The summed E-state index contributed by atoms with van der Waals surface area (Å²) in [4.78, 5) is 11.7. The number of ether oxygens (including phenoxy) is 1. The third-order valence-electron chi connectivity index (χ3n) is 3.13. The smallest absolute Gasteiger partial charge is 0.339 e. The first-order valence-electron chi connectivity index (χ1n) is 6.41. The van der Waals surface area contributed by atoms with Crippen molar-refractivity contribution < 1.29 is 18.3 Å². The summed E-state index contributed by atoms with van der Waals surface area (Å²) in [5.74, 6) is -1.45. The Hall–Kier alpha value is -2.43. The topological polar surface area (TPSA) is 38.3 Å². The number of hydrogen-bond acceptors (Lipinski definition) is 3. The summed E-state index contributed by atoms with van der Waals surface area (Å²) in [7, 11) is 1.25. The van der Waals surface area contributed by atoms with Crippen molar-refractivity contribution in [1.29, 1.82) is 0 Å². The summed E-state index contributed by atoms with van der Waals surface area (Å²) in [5, 5.41) is 2.94. The van der Waals surface area contributed by atoms with Gasteiger partial charge in [0.1, 0.15) is 11.6 Å². The van der Waals surface area contributed by atoms with Crippen LogP contribution in [-0.2, 0) is 4.74 Å². The largest absolute Gasteiger partial charge is 0.465 e. The molecule has 3 nitrogen and oxygen atoms in total. The van der Waals surface area contributed by atoms with E-state index in [4.69, 9.17) is 0 Å². The van der Waals surface area contributed by atoms with E-state index in [1.165, 1.54) is 31.4 Å². The molecule has 5 heteroatoms. The molecule has 21 heavy (non-hydrogen) atoms. The Labute approximate surface area is 121 Å². The van der Waals surface area contributed by atoms with Gasteiger partial charge in [-0.05, 0) is 31.2 Å². The first-order chi connectivity index (χ1) is 10.0. The number of carbonyl (C=O) groups is 1. The van der Waals surface area contributed by atoms with Crippen molar-refractivity contribution in [3.05, 3.63) is 65.2 Å². The van der Waals surface area contributed by atoms with E-state index in [1.807, 2.05) is 0 Å². The molecule has 0 saturated heterocycles. The van der Waals surface area contributed by atoms with E-state index in [2.05, 4.69) is 10.1 Å². The lowest BCUT2D eigenvalue weighted by Gasteiger charge is -2.18. The lowest BCUT2D eigenvalue weighted by atomic mass is 10.1. The summed E-state index contributed by atoms with van der Waals surface area (Å²) in [6.07, 6.45) is 0. The van der Waals surface area contributed by atoms with Crippen LogP contribution in [0.5, 0.6) is 0 Å². The Morgan fingerprint density at radius 2 is 1.90 bits per heavy atom. The molecule has 2 aromatic rings. The summed E-state index contributed by atoms with van der Waals surface area (Å²) >= 11 is 0. The Morgan fingerprint density at radius 1 is 1.19 bits per heavy atom. The fraction of sp³-hybridized carbons (Fsp3) is 0.188. The van der Waals surface area contributed by atoms with Crippen LogP contribution < -0.4 is 5.32 Å².